The second kappa shape index (κ2) is 12.9. The standard InChI is InChI=1S/C52H38N2/c1-35-12-29-50-46(32-35)47-33-36(2)13-30-51(47)54(50)44-27-24-40(25-28-44)39-20-16-37(17-21-39)14-15-38-18-22-41(23-19-38)42-26-31-52-48(34-42)45-10-6-7-11-49(45)53(52)43-8-4-3-5-9-43/h3-34H,1-2H3/b15-14+. The van der Waals surface area contributed by atoms with Crippen LogP contribution < -0.4 is 0 Å². The van der Waals surface area contributed by atoms with Crippen molar-refractivity contribution in [2.45, 2.75) is 13.8 Å². The minimum absolute atomic E-state index is 1.17. The van der Waals surface area contributed by atoms with Gasteiger partial charge in [-0.25, -0.2) is 0 Å². The van der Waals surface area contributed by atoms with Crippen molar-refractivity contribution < 1.29 is 0 Å². The van der Waals surface area contributed by atoms with Crippen molar-refractivity contribution in [1.82, 2.24) is 9.13 Å². The lowest BCUT2D eigenvalue weighted by atomic mass is 10.0. The van der Waals surface area contributed by atoms with Gasteiger partial charge < -0.3 is 9.13 Å². The molecule has 2 heteroatoms. The molecule has 0 saturated heterocycles. The van der Waals surface area contributed by atoms with E-state index in [1.54, 1.807) is 0 Å². The third-order valence-electron chi connectivity index (χ3n) is 10.8. The first-order chi connectivity index (χ1) is 26.6. The second-order valence-electron chi connectivity index (χ2n) is 14.4. The summed E-state index contributed by atoms with van der Waals surface area (Å²) in [6.07, 6.45) is 4.39. The van der Waals surface area contributed by atoms with Crippen molar-refractivity contribution in [3.8, 4) is 33.6 Å². The maximum absolute atomic E-state index is 2.39. The minimum atomic E-state index is 1.17. The predicted molar refractivity (Wildman–Crippen MR) is 231 cm³/mol. The van der Waals surface area contributed by atoms with E-state index in [2.05, 4.69) is 217 Å². The van der Waals surface area contributed by atoms with Crippen LogP contribution in [0, 0.1) is 13.8 Å². The van der Waals surface area contributed by atoms with E-state index in [1.807, 2.05) is 0 Å². The minimum Gasteiger partial charge on any atom is -0.309 e. The molecule has 8 aromatic carbocycles. The molecule has 2 heterocycles. The van der Waals surface area contributed by atoms with Gasteiger partial charge in [-0.2, -0.15) is 0 Å². The van der Waals surface area contributed by atoms with Gasteiger partial charge in [0.15, 0.2) is 0 Å². The molecule has 0 aliphatic rings. The van der Waals surface area contributed by atoms with Gasteiger partial charge >= 0.3 is 0 Å². The number of rotatable bonds is 6. The molecule has 0 saturated carbocycles. The van der Waals surface area contributed by atoms with E-state index >= 15 is 0 Å². The van der Waals surface area contributed by atoms with Crippen LogP contribution in [0.25, 0.3) is 89.4 Å². The summed E-state index contributed by atoms with van der Waals surface area (Å²) < 4.78 is 4.75. The summed E-state index contributed by atoms with van der Waals surface area (Å²) in [5, 5.41) is 5.15. The smallest absolute Gasteiger partial charge is 0.0541 e. The van der Waals surface area contributed by atoms with Crippen LogP contribution in [0.5, 0.6) is 0 Å². The van der Waals surface area contributed by atoms with E-state index in [9.17, 15) is 0 Å². The van der Waals surface area contributed by atoms with E-state index < -0.39 is 0 Å². The van der Waals surface area contributed by atoms with Crippen molar-refractivity contribution in [3.05, 3.63) is 204 Å². The molecule has 0 radical (unpaired) electrons. The first kappa shape index (κ1) is 31.8. The fourth-order valence-electron chi connectivity index (χ4n) is 8.11. The fourth-order valence-corrected chi connectivity index (χ4v) is 8.11. The van der Waals surface area contributed by atoms with Crippen LogP contribution >= 0.6 is 0 Å². The molecular formula is C52H38N2. The van der Waals surface area contributed by atoms with Crippen molar-refractivity contribution >= 4 is 55.8 Å². The molecule has 0 bridgehead atoms. The van der Waals surface area contributed by atoms with Crippen LogP contribution in [0.1, 0.15) is 22.3 Å². The van der Waals surface area contributed by atoms with Crippen LogP contribution in [0.4, 0.5) is 0 Å². The fraction of sp³-hybridized carbons (Fsp3) is 0.0385. The van der Waals surface area contributed by atoms with Gasteiger partial charge in [0.25, 0.3) is 0 Å². The normalized spacial score (nSPS) is 11.8. The topological polar surface area (TPSA) is 9.86 Å². The maximum atomic E-state index is 2.39. The van der Waals surface area contributed by atoms with E-state index in [4.69, 9.17) is 0 Å². The van der Waals surface area contributed by atoms with Gasteiger partial charge in [0.05, 0.1) is 22.1 Å². The summed E-state index contributed by atoms with van der Waals surface area (Å²) >= 11 is 0. The molecule has 0 unspecified atom stereocenters. The Labute approximate surface area is 315 Å². The zero-order valence-corrected chi connectivity index (χ0v) is 30.4. The Balaban J connectivity index is 0.875. The average Bonchev–Trinajstić information content (AvgIpc) is 3.72. The monoisotopic (exact) mass is 690 g/mol. The Morgan fingerprint density at radius 3 is 1.30 bits per heavy atom. The highest BCUT2D eigenvalue weighted by molar-refractivity contribution is 6.11. The average molecular weight is 691 g/mol. The Morgan fingerprint density at radius 2 is 0.722 bits per heavy atom. The number of benzene rings is 8. The number of fused-ring (bicyclic) bond motifs is 6. The van der Waals surface area contributed by atoms with Crippen LogP contribution in [-0.2, 0) is 0 Å². The van der Waals surface area contributed by atoms with E-state index in [0.29, 0.717) is 0 Å². The third-order valence-corrected chi connectivity index (χ3v) is 10.8. The van der Waals surface area contributed by atoms with E-state index in [-0.39, 0.29) is 0 Å². The number of nitrogens with zero attached hydrogens (tertiary/aromatic N) is 2. The summed E-state index contributed by atoms with van der Waals surface area (Å²) in [4.78, 5) is 0. The van der Waals surface area contributed by atoms with Gasteiger partial charge in [-0.1, -0.05) is 139 Å². The molecule has 0 amide bonds. The van der Waals surface area contributed by atoms with Crippen molar-refractivity contribution in [2.75, 3.05) is 0 Å². The molecule has 256 valence electrons. The Bertz CT molecular complexity index is 2950. The second-order valence-corrected chi connectivity index (χ2v) is 14.4. The first-order valence-electron chi connectivity index (χ1n) is 18.7. The van der Waals surface area contributed by atoms with Crippen LogP contribution in [0.3, 0.4) is 0 Å². The van der Waals surface area contributed by atoms with Gasteiger partial charge in [0.2, 0.25) is 0 Å². The lowest BCUT2D eigenvalue weighted by Gasteiger charge is -2.10. The molecule has 10 aromatic rings. The molecule has 54 heavy (non-hydrogen) atoms. The van der Waals surface area contributed by atoms with Gasteiger partial charge in [0, 0.05) is 32.9 Å². The Kier molecular flexibility index (Phi) is 7.63. The van der Waals surface area contributed by atoms with Crippen molar-refractivity contribution in [3.63, 3.8) is 0 Å². The highest BCUT2D eigenvalue weighted by Gasteiger charge is 2.14. The molecule has 0 fully saturated rings. The molecule has 0 N–H and O–H groups in total. The van der Waals surface area contributed by atoms with E-state index in [1.165, 1.54) is 99.5 Å². The highest BCUT2D eigenvalue weighted by atomic mass is 15.0. The Morgan fingerprint density at radius 1 is 0.315 bits per heavy atom. The number of aryl methyl sites for hydroxylation is 2. The van der Waals surface area contributed by atoms with E-state index in [0.717, 1.165) is 0 Å². The summed E-state index contributed by atoms with van der Waals surface area (Å²) in [5.74, 6) is 0. The lowest BCUT2D eigenvalue weighted by Crippen LogP contribution is -1.93. The van der Waals surface area contributed by atoms with Gasteiger partial charge in [-0.05, 0) is 114 Å². The third kappa shape index (κ3) is 5.52. The zero-order chi connectivity index (χ0) is 36.2. The number of hydrogen-bond donors (Lipinski definition) is 0. The molecular weight excluding hydrogens is 653 g/mol. The van der Waals surface area contributed by atoms with Crippen LogP contribution in [0.2, 0.25) is 0 Å². The van der Waals surface area contributed by atoms with Crippen molar-refractivity contribution in [2.24, 2.45) is 0 Å². The molecule has 10 rings (SSSR count). The molecule has 0 spiro atoms. The summed E-state index contributed by atoms with van der Waals surface area (Å²) in [7, 11) is 0. The Hall–Kier alpha value is -6.90. The van der Waals surface area contributed by atoms with Crippen LogP contribution in [-0.4, -0.2) is 9.13 Å². The van der Waals surface area contributed by atoms with Crippen LogP contribution in [0.15, 0.2) is 182 Å². The van der Waals surface area contributed by atoms with Crippen molar-refractivity contribution in [1.29, 1.82) is 0 Å². The molecule has 0 aliphatic heterocycles. The predicted octanol–water partition coefficient (Wildman–Crippen LogP) is 14.0. The highest BCUT2D eigenvalue weighted by Crippen LogP contribution is 2.36. The van der Waals surface area contributed by atoms with Gasteiger partial charge in [0.1, 0.15) is 0 Å². The first-order valence-corrected chi connectivity index (χ1v) is 18.7. The maximum Gasteiger partial charge on any atom is 0.0541 e. The number of hydrogen-bond acceptors (Lipinski definition) is 0. The van der Waals surface area contributed by atoms with Gasteiger partial charge in [-0.15, -0.1) is 0 Å². The lowest BCUT2D eigenvalue weighted by molar-refractivity contribution is 1.18. The zero-order valence-electron chi connectivity index (χ0n) is 30.4. The quantitative estimate of drug-likeness (QED) is 0.154. The number of aromatic nitrogens is 2. The summed E-state index contributed by atoms with van der Waals surface area (Å²) in [5.41, 5.74) is 17.0. The number of para-hydroxylation sites is 2. The SMILES string of the molecule is Cc1ccc2c(c1)c1cc(C)ccc1n2-c1ccc(-c2ccc(/C=C/c3ccc(-c4ccc5c(c4)c4ccccc4n5-c4ccccc4)cc3)cc2)cc1. The molecule has 0 atom stereocenters. The van der Waals surface area contributed by atoms with Gasteiger partial charge in [-0.3, -0.25) is 0 Å². The largest absolute Gasteiger partial charge is 0.309 e. The summed E-state index contributed by atoms with van der Waals surface area (Å²) in [6, 6.07) is 66.3. The molecule has 0 aliphatic carbocycles. The molecule has 2 nitrogen and oxygen atoms in total. The summed E-state index contributed by atoms with van der Waals surface area (Å²) in [6.45, 7) is 4.33. The molecule has 2 aromatic heterocycles.